The summed E-state index contributed by atoms with van der Waals surface area (Å²) in [6, 6.07) is 13.8. The number of aryl methyl sites for hydroxylation is 1. The third-order valence-electron chi connectivity index (χ3n) is 8.27. The SMILES string of the molecule is Cc1csc(COc2cc3c(cc2-c2cc(F)c(C(=O)O)s2)S(=O)(=O)N(C)[C@H](C2CCCCC2)CN3c2ccccc2)n1. The minimum atomic E-state index is -4.01. The number of carboxylic acid groups (broad SMARTS) is 1. The second kappa shape index (κ2) is 12.0. The van der Waals surface area contributed by atoms with Crippen LogP contribution in [0.15, 0.2) is 58.8 Å². The number of likely N-dealkylation sites (N-methyl/N-ethyl adjacent to an activating group) is 1. The van der Waals surface area contributed by atoms with Crippen molar-refractivity contribution in [3.63, 3.8) is 0 Å². The summed E-state index contributed by atoms with van der Waals surface area (Å²) in [5.41, 5.74) is 2.47. The van der Waals surface area contributed by atoms with Gasteiger partial charge in [0.25, 0.3) is 0 Å². The van der Waals surface area contributed by atoms with E-state index in [2.05, 4.69) is 4.98 Å². The zero-order valence-electron chi connectivity index (χ0n) is 23.8. The molecule has 1 saturated carbocycles. The van der Waals surface area contributed by atoms with E-state index in [4.69, 9.17) is 4.74 Å². The van der Waals surface area contributed by atoms with Crippen LogP contribution in [0.2, 0.25) is 0 Å². The van der Waals surface area contributed by atoms with Gasteiger partial charge >= 0.3 is 5.97 Å². The number of hydrogen-bond donors (Lipinski definition) is 1. The summed E-state index contributed by atoms with van der Waals surface area (Å²) in [5.74, 6) is -1.74. The smallest absolute Gasteiger partial charge is 0.348 e. The van der Waals surface area contributed by atoms with Crippen molar-refractivity contribution in [3.05, 3.63) is 75.3 Å². The van der Waals surface area contributed by atoms with E-state index in [0.717, 1.165) is 65.9 Å². The number of rotatable bonds is 7. The van der Waals surface area contributed by atoms with Crippen LogP contribution in [0.5, 0.6) is 5.75 Å². The average molecular weight is 642 g/mol. The van der Waals surface area contributed by atoms with Gasteiger partial charge in [0.2, 0.25) is 10.0 Å². The molecule has 43 heavy (non-hydrogen) atoms. The van der Waals surface area contributed by atoms with Gasteiger partial charge in [-0.15, -0.1) is 22.7 Å². The summed E-state index contributed by atoms with van der Waals surface area (Å²) in [5, 5.41) is 12.2. The van der Waals surface area contributed by atoms with Crippen molar-refractivity contribution < 1.29 is 27.4 Å². The van der Waals surface area contributed by atoms with Crippen LogP contribution in [0.25, 0.3) is 10.4 Å². The largest absolute Gasteiger partial charge is 0.486 e. The average Bonchev–Trinajstić information content (AvgIpc) is 3.59. The first-order valence-corrected chi connectivity index (χ1v) is 17.3. The van der Waals surface area contributed by atoms with Gasteiger partial charge < -0.3 is 14.7 Å². The molecule has 2 aliphatic rings. The van der Waals surface area contributed by atoms with Crippen LogP contribution in [0, 0.1) is 18.7 Å². The Hall–Kier alpha value is -3.32. The van der Waals surface area contributed by atoms with Gasteiger partial charge in [-0.2, -0.15) is 4.31 Å². The lowest BCUT2D eigenvalue weighted by Gasteiger charge is -2.36. The Morgan fingerprint density at radius 3 is 2.53 bits per heavy atom. The molecule has 1 aliphatic carbocycles. The third-order valence-corrected chi connectivity index (χ3v) is 12.3. The number of sulfonamides is 1. The Morgan fingerprint density at radius 1 is 1.14 bits per heavy atom. The monoisotopic (exact) mass is 641 g/mol. The van der Waals surface area contributed by atoms with Crippen LogP contribution in [0.1, 0.15) is 52.5 Å². The molecule has 1 atom stereocenters. The molecular weight excluding hydrogens is 610 g/mol. The molecule has 226 valence electrons. The first-order chi connectivity index (χ1) is 20.6. The number of halogens is 1. The van der Waals surface area contributed by atoms with Gasteiger partial charge in [-0.05, 0) is 49.9 Å². The highest BCUT2D eigenvalue weighted by molar-refractivity contribution is 7.89. The number of aromatic carboxylic acids is 1. The number of anilines is 2. The molecule has 1 fully saturated rings. The van der Waals surface area contributed by atoms with E-state index in [1.807, 2.05) is 47.5 Å². The second-order valence-corrected chi connectivity index (χ2v) is 15.0. The predicted octanol–water partition coefficient (Wildman–Crippen LogP) is 7.32. The Labute approximate surface area is 258 Å². The number of carboxylic acids is 1. The van der Waals surface area contributed by atoms with E-state index >= 15 is 0 Å². The molecule has 1 N–H and O–H groups in total. The molecule has 0 unspecified atom stereocenters. The van der Waals surface area contributed by atoms with Crippen molar-refractivity contribution in [2.75, 3.05) is 18.5 Å². The summed E-state index contributed by atoms with van der Waals surface area (Å²) >= 11 is 2.19. The standard InChI is InChI=1S/C31H32FN3O5S3/c1-19-18-41-29(33-19)17-40-26-15-24-28(13-22(26)27-14-23(32)30(42-27)31(36)37)43(38,39)34(2)25(20-9-5-3-6-10-20)16-35(24)21-11-7-4-8-12-21/h4,7-8,11-15,18,20,25H,3,5-6,9-10,16-17H2,1-2H3,(H,36,37)/t25-/m0/s1. The molecule has 12 heteroatoms. The van der Waals surface area contributed by atoms with Gasteiger partial charge in [-0.25, -0.2) is 22.6 Å². The lowest BCUT2D eigenvalue weighted by molar-refractivity contribution is 0.0697. The summed E-state index contributed by atoms with van der Waals surface area (Å²) in [6.07, 6.45) is 5.22. The fourth-order valence-electron chi connectivity index (χ4n) is 6.09. The molecule has 0 saturated heterocycles. The number of carbonyl (C=O) groups is 1. The van der Waals surface area contributed by atoms with Crippen molar-refractivity contribution in [2.45, 2.75) is 56.6 Å². The molecule has 1 aliphatic heterocycles. The maximum absolute atomic E-state index is 14.7. The van der Waals surface area contributed by atoms with E-state index < -0.39 is 26.7 Å². The predicted molar refractivity (Wildman–Crippen MR) is 167 cm³/mol. The maximum atomic E-state index is 14.7. The molecule has 0 radical (unpaired) electrons. The maximum Gasteiger partial charge on any atom is 0.348 e. The van der Waals surface area contributed by atoms with Crippen molar-refractivity contribution >= 4 is 50.0 Å². The third kappa shape index (κ3) is 5.81. The number of nitrogens with zero attached hydrogens (tertiary/aromatic N) is 3. The molecule has 3 heterocycles. The summed E-state index contributed by atoms with van der Waals surface area (Å²) in [6.45, 7) is 2.46. The van der Waals surface area contributed by atoms with E-state index in [1.54, 1.807) is 13.1 Å². The first kappa shape index (κ1) is 29.7. The van der Waals surface area contributed by atoms with E-state index in [1.165, 1.54) is 21.7 Å². The number of benzene rings is 2. The van der Waals surface area contributed by atoms with Crippen LogP contribution in [-0.2, 0) is 16.6 Å². The Kier molecular flexibility index (Phi) is 8.29. The molecule has 4 aromatic rings. The topological polar surface area (TPSA) is 100 Å². The molecule has 8 nitrogen and oxygen atoms in total. The highest BCUT2D eigenvalue weighted by Crippen LogP contribution is 2.47. The summed E-state index contributed by atoms with van der Waals surface area (Å²) in [7, 11) is -2.36. The first-order valence-electron chi connectivity index (χ1n) is 14.2. The number of fused-ring (bicyclic) bond motifs is 1. The zero-order valence-corrected chi connectivity index (χ0v) is 26.3. The van der Waals surface area contributed by atoms with Crippen LogP contribution in [-0.4, -0.2) is 48.4 Å². The van der Waals surface area contributed by atoms with Crippen molar-refractivity contribution in [2.24, 2.45) is 5.92 Å². The van der Waals surface area contributed by atoms with E-state index in [-0.39, 0.29) is 28.3 Å². The van der Waals surface area contributed by atoms with Crippen molar-refractivity contribution in [1.29, 1.82) is 0 Å². The van der Waals surface area contributed by atoms with Crippen molar-refractivity contribution in [1.82, 2.24) is 9.29 Å². The highest BCUT2D eigenvalue weighted by atomic mass is 32.2. The minimum Gasteiger partial charge on any atom is -0.486 e. The van der Waals surface area contributed by atoms with Gasteiger partial charge in [0.1, 0.15) is 33.0 Å². The molecule has 2 aromatic heterocycles. The van der Waals surface area contributed by atoms with Gasteiger partial charge in [0, 0.05) is 52.9 Å². The quantitative estimate of drug-likeness (QED) is 0.226. The number of hydrogen-bond acceptors (Lipinski definition) is 8. The van der Waals surface area contributed by atoms with Gasteiger partial charge in [0.05, 0.1) is 5.69 Å². The number of ether oxygens (including phenoxy) is 1. The molecule has 0 spiro atoms. The normalized spacial score (nSPS) is 19.1. The van der Waals surface area contributed by atoms with E-state index in [0.29, 0.717) is 23.5 Å². The number of para-hydroxylation sites is 1. The fraction of sp³-hybridized carbons (Fsp3) is 0.355. The molecule has 0 bridgehead atoms. The van der Waals surface area contributed by atoms with Crippen molar-refractivity contribution in [3.8, 4) is 16.2 Å². The summed E-state index contributed by atoms with van der Waals surface area (Å²) in [4.78, 5) is 18.1. The lowest BCUT2D eigenvalue weighted by atomic mass is 9.83. The number of thiazole rings is 1. The van der Waals surface area contributed by atoms with E-state index in [9.17, 15) is 22.7 Å². The zero-order chi connectivity index (χ0) is 30.3. The number of thiophene rings is 1. The molecular formula is C31H32FN3O5S3. The Bertz CT molecular complexity index is 1750. The highest BCUT2D eigenvalue weighted by Gasteiger charge is 2.41. The second-order valence-electron chi connectivity index (χ2n) is 11.0. The Morgan fingerprint density at radius 2 is 1.88 bits per heavy atom. The van der Waals surface area contributed by atoms with Crippen LogP contribution in [0.3, 0.4) is 0 Å². The number of aromatic nitrogens is 1. The Balaban J connectivity index is 1.55. The van der Waals surface area contributed by atoms with Gasteiger partial charge in [-0.3, -0.25) is 0 Å². The van der Waals surface area contributed by atoms with Crippen LogP contribution < -0.4 is 9.64 Å². The lowest BCUT2D eigenvalue weighted by Crippen LogP contribution is -2.46. The van der Waals surface area contributed by atoms with Crippen LogP contribution in [0.4, 0.5) is 15.8 Å². The fourth-order valence-corrected chi connectivity index (χ4v) is 9.27. The summed E-state index contributed by atoms with van der Waals surface area (Å²) < 4.78 is 51.3. The molecule has 6 rings (SSSR count). The van der Waals surface area contributed by atoms with Crippen LogP contribution >= 0.6 is 22.7 Å². The minimum absolute atomic E-state index is 0.0651. The molecule has 2 aromatic carbocycles. The van der Waals surface area contributed by atoms with Gasteiger partial charge in [-0.1, -0.05) is 37.5 Å². The van der Waals surface area contributed by atoms with Gasteiger partial charge in [0.15, 0.2) is 0 Å². The molecule has 0 amide bonds.